The van der Waals surface area contributed by atoms with Crippen molar-refractivity contribution in [1.29, 1.82) is 0 Å². The third-order valence-corrected chi connectivity index (χ3v) is 5.77. The molecule has 0 bridgehead atoms. The van der Waals surface area contributed by atoms with Gasteiger partial charge in [-0.15, -0.1) is 0 Å². The molecule has 0 aromatic rings. The van der Waals surface area contributed by atoms with Gasteiger partial charge in [-0.2, -0.15) is 0 Å². The van der Waals surface area contributed by atoms with Gasteiger partial charge < -0.3 is 31.5 Å². The molecule has 0 saturated carbocycles. The summed E-state index contributed by atoms with van der Waals surface area (Å²) in [5.41, 5.74) is 0. The number of nitrogens with one attached hydrogen (secondary N) is 4. The zero-order valence-electron chi connectivity index (χ0n) is 19.8. The maximum absolute atomic E-state index is 13.0. The zero-order chi connectivity index (χ0) is 25.1. The van der Waals surface area contributed by atoms with Crippen LogP contribution in [0.2, 0.25) is 0 Å². The number of carboxylic acid groups (broad SMARTS) is 2. The summed E-state index contributed by atoms with van der Waals surface area (Å²) in [6.45, 7) is 7.96. The van der Waals surface area contributed by atoms with Crippen LogP contribution >= 0.6 is 0 Å². The van der Waals surface area contributed by atoms with Crippen LogP contribution in [0.25, 0.3) is 0 Å². The van der Waals surface area contributed by atoms with Crippen LogP contribution in [-0.4, -0.2) is 70.6 Å². The van der Waals surface area contributed by atoms with Gasteiger partial charge in [0.2, 0.25) is 17.7 Å². The SMILES string of the molecule is CCC(C)C(NC(=O)C(CCC(=O)O)NC(=O)C(CC(C)C)NC(=O)C1CCCN1)C(=O)O. The molecule has 1 aliphatic heterocycles. The summed E-state index contributed by atoms with van der Waals surface area (Å²) < 4.78 is 0. The predicted molar refractivity (Wildman–Crippen MR) is 120 cm³/mol. The first-order valence-electron chi connectivity index (χ1n) is 11.5. The van der Waals surface area contributed by atoms with E-state index in [1.807, 2.05) is 13.8 Å². The first-order valence-corrected chi connectivity index (χ1v) is 11.5. The summed E-state index contributed by atoms with van der Waals surface area (Å²) in [7, 11) is 0. The first-order chi connectivity index (χ1) is 15.5. The fourth-order valence-electron chi connectivity index (χ4n) is 3.63. The van der Waals surface area contributed by atoms with Crippen LogP contribution in [0.5, 0.6) is 0 Å². The predicted octanol–water partition coefficient (Wildman–Crippen LogP) is 0.234. The number of carbonyl (C=O) groups is 5. The van der Waals surface area contributed by atoms with Crippen molar-refractivity contribution in [2.45, 2.75) is 90.4 Å². The van der Waals surface area contributed by atoms with Crippen LogP contribution < -0.4 is 21.3 Å². The molecular weight excluding hydrogens is 432 g/mol. The molecule has 11 heteroatoms. The molecule has 33 heavy (non-hydrogen) atoms. The van der Waals surface area contributed by atoms with E-state index in [0.717, 1.165) is 13.0 Å². The number of hydrogen-bond donors (Lipinski definition) is 6. The topological polar surface area (TPSA) is 174 Å². The number of carboxylic acids is 2. The molecule has 1 saturated heterocycles. The van der Waals surface area contributed by atoms with E-state index < -0.39 is 48.3 Å². The van der Waals surface area contributed by atoms with Crippen LogP contribution in [-0.2, 0) is 24.0 Å². The van der Waals surface area contributed by atoms with Crippen molar-refractivity contribution < 1.29 is 34.2 Å². The molecule has 1 rings (SSSR count). The minimum atomic E-state index is -1.25. The van der Waals surface area contributed by atoms with Gasteiger partial charge >= 0.3 is 11.9 Å². The minimum Gasteiger partial charge on any atom is -0.481 e. The highest BCUT2D eigenvalue weighted by atomic mass is 16.4. The smallest absolute Gasteiger partial charge is 0.326 e. The Hall–Kier alpha value is -2.69. The third kappa shape index (κ3) is 9.77. The number of carbonyl (C=O) groups excluding carboxylic acids is 3. The minimum absolute atomic E-state index is 0.0608. The van der Waals surface area contributed by atoms with E-state index in [-0.39, 0.29) is 30.2 Å². The number of aliphatic carboxylic acids is 2. The lowest BCUT2D eigenvalue weighted by atomic mass is 9.98. The van der Waals surface area contributed by atoms with Gasteiger partial charge in [0, 0.05) is 6.42 Å². The largest absolute Gasteiger partial charge is 0.481 e. The summed E-state index contributed by atoms with van der Waals surface area (Å²) in [4.78, 5) is 61.0. The monoisotopic (exact) mass is 470 g/mol. The summed E-state index contributed by atoms with van der Waals surface area (Å²) in [6.07, 6.45) is 1.73. The second-order valence-corrected chi connectivity index (χ2v) is 9.04. The van der Waals surface area contributed by atoms with Gasteiger partial charge in [0.15, 0.2) is 0 Å². The van der Waals surface area contributed by atoms with Gasteiger partial charge in [0.25, 0.3) is 0 Å². The normalized spacial score (nSPS) is 19.2. The van der Waals surface area contributed by atoms with E-state index in [2.05, 4.69) is 21.3 Å². The molecule has 0 radical (unpaired) electrons. The van der Waals surface area contributed by atoms with Crippen LogP contribution in [0.1, 0.15) is 66.2 Å². The molecule has 1 heterocycles. The molecule has 3 amide bonds. The van der Waals surface area contributed by atoms with Crippen molar-refractivity contribution in [3.05, 3.63) is 0 Å². The van der Waals surface area contributed by atoms with Gasteiger partial charge in [-0.25, -0.2) is 4.79 Å². The molecule has 1 fully saturated rings. The van der Waals surface area contributed by atoms with Gasteiger partial charge in [-0.1, -0.05) is 34.1 Å². The lowest BCUT2D eigenvalue weighted by molar-refractivity contribution is -0.144. The molecular formula is C22H38N4O7. The van der Waals surface area contributed by atoms with E-state index in [4.69, 9.17) is 5.11 Å². The standard InChI is InChI=1S/C22H38N4O7/c1-5-13(4)18(22(32)33)26-20(30)15(8-9-17(27)28)24-21(31)16(11-12(2)3)25-19(29)14-7-6-10-23-14/h12-16,18,23H,5-11H2,1-4H3,(H,24,31)(H,25,29)(H,26,30)(H,27,28)(H,32,33). The number of rotatable bonds is 14. The van der Waals surface area contributed by atoms with Crippen molar-refractivity contribution in [2.24, 2.45) is 11.8 Å². The van der Waals surface area contributed by atoms with Gasteiger partial charge in [0.1, 0.15) is 18.1 Å². The van der Waals surface area contributed by atoms with Crippen LogP contribution in [0.15, 0.2) is 0 Å². The molecule has 0 aliphatic carbocycles. The summed E-state index contributed by atoms with van der Waals surface area (Å²) in [6, 6.07) is -3.72. The highest BCUT2D eigenvalue weighted by Crippen LogP contribution is 2.12. The zero-order valence-corrected chi connectivity index (χ0v) is 19.8. The second-order valence-electron chi connectivity index (χ2n) is 9.04. The van der Waals surface area contributed by atoms with Gasteiger partial charge in [-0.3, -0.25) is 19.2 Å². The molecule has 11 nitrogen and oxygen atoms in total. The maximum Gasteiger partial charge on any atom is 0.326 e. The van der Waals surface area contributed by atoms with Crippen molar-refractivity contribution in [3.8, 4) is 0 Å². The fourth-order valence-corrected chi connectivity index (χ4v) is 3.63. The molecule has 5 atom stereocenters. The Bertz CT molecular complexity index is 707. The van der Waals surface area contributed by atoms with E-state index >= 15 is 0 Å². The fraction of sp³-hybridized carbons (Fsp3) is 0.773. The van der Waals surface area contributed by atoms with Crippen molar-refractivity contribution in [2.75, 3.05) is 6.54 Å². The quantitative estimate of drug-likeness (QED) is 0.209. The van der Waals surface area contributed by atoms with Gasteiger partial charge in [-0.05, 0) is 44.1 Å². The molecule has 6 N–H and O–H groups in total. The first kappa shape index (κ1) is 28.3. The summed E-state index contributed by atoms with van der Waals surface area (Å²) in [5.74, 6) is -4.36. The summed E-state index contributed by atoms with van der Waals surface area (Å²) >= 11 is 0. The molecule has 0 spiro atoms. The Labute approximate surface area is 194 Å². The average Bonchev–Trinajstić information content (AvgIpc) is 3.27. The maximum atomic E-state index is 13.0. The molecule has 5 unspecified atom stereocenters. The van der Waals surface area contributed by atoms with Crippen LogP contribution in [0.3, 0.4) is 0 Å². The Kier molecular flexibility index (Phi) is 11.8. The lowest BCUT2D eigenvalue weighted by Crippen LogP contribution is -2.58. The van der Waals surface area contributed by atoms with Crippen molar-refractivity contribution >= 4 is 29.7 Å². The third-order valence-electron chi connectivity index (χ3n) is 5.77. The number of hydrogen-bond acceptors (Lipinski definition) is 6. The second kappa shape index (κ2) is 13.8. The Morgan fingerprint density at radius 2 is 1.61 bits per heavy atom. The van der Waals surface area contributed by atoms with E-state index in [1.54, 1.807) is 13.8 Å². The van der Waals surface area contributed by atoms with Crippen molar-refractivity contribution in [3.63, 3.8) is 0 Å². The van der Waals surface area contributed by atoms with Crippen molar-refractivity contribution in [1.82, 2.24) is 21.3 Å². The molecule has 1 aliphatic rings. The molecule has 0 aromatic heterocycles. The van der Waals surface area contributed by atoms with E-state index in [0.29, 0.717) is 19.3 Å². The molecule has 0 aromatic carbocycles. The Morgan fingerprint density at radius 1 is 0.970 bits per heavy atom. The van der Waals surface area contributed by atoms with Crippen LogP contribution in [0, 0.1) is 11.8 Å². The highest BCUT2D eigenvalue weighted by molar-refractivity contribution is 5.94. The number of amides is 3. The lowest BCUT2D eigenvalue weighted by Gasteiger charge is -2.27. The van der Waals surface area contributed by atoms with Gasteiger partial charge in [0.05, 0.1) is 6.04 Å². The van der Waals surface area contributed by atoms with E-state index in [9.17, 15) is 29.1 Å². The Morgan fingerprint density at radius 3 is 2.09 bits per heavy atom. The highest BCUT2D eigenvalue weighted by Gasteiger charge is 2.33. The molecule has 188 valence electrons. The van der Waals surface area contributed by atoms with Crippen LogP contribution in [0.4, 0.5) is 0 Å². The van der Waals surface area contributed by atoms with E-state index in [1.165, 1.54) is 0 Å². The summed E-state index contributed by atoms with van der Waals surface area (Å²) in [5, 5.41) is 29.2. The average molecular weight is 471 g/mol. The Balaban J connectivity index is 2.97.